The number of thioether (sulfide) groups is 1. The Morgan fingerprint density at radius 2 is 2.05 bits per heavy atom. The molecule has 0 aliphatic carbocycles. The minimum Gasteiger partial charge on any atom is -0.348 e. The SMILES string of the molecule is CNCc1sc(N(C)C(C)CSC)nc1-c1ccccc1. The first-order valence-electron chi connectivity index (χ1n) is 7.08. The lowest BCUT2D eigenvalue weighted by atomic mass is 10.1. The number of nitrogens with one attached hydrogen (secondary N) is 1. The van der Waals surface area contributed by atoms with Crippen molar-refractivity contribution >= 4 is 28.2 Å². The van der Waals surface area contributed by atoms with Gasteiger partial charge in [0.05, 0.1) is 5.69 Å². The van der Waals surface area contributed by atoms with Gasteiger partial charge in [0.2, 0.25) is 0 Å². The van der Waals surface area contributed by atoms with Crippen molar-refractivity contribution in [2.75, 3.05) is 31.0 Å². The van der Waals surface area contributed by atoms with E-state index in [1.54, 1.807) is 11.3 Å². The first-order valence-corrected chi connectivity index (χ1v) is 9.30. The Kier molecular flexibility index (Phi) is 6.08. The minimum absolute atomic E-state index is 0.484. The second-order valence-corrected chi connectivity index (χ2v) is 7.05. The van der Waals surface area contributed by atoms with Crippen molar-refractivity contribution in [1.82, 2.24) is 10.3 Å². The normalized spacial score (nSPS) is 12.4. The molecule has 1 aromatic carbocycles. The predicted octanol–water partition coefficient (Wildman–Crippen LogP) is 3.72. The summed E-state index contributed by atoms with van der Waals surface area (Å²) in [5.74, 6) is 1.11. The number of benzene rings is 1. The molecule has 1 heterocycles. The Labute approximate surface area is 135 Å². The quantitative estimate of drug-likeness (QED) is 0.841. The number of thiazole rings is 1. The van der Waals surface area contributed by atoms with E-state index in [-0.39, 0.29) is 0 Å². The Hall–Kier alpha value is -1.04. The molecule has 0 aliphatic rings. The van der Waals surface area contributed by atoms with Gasteiger partial charge in [0.15, 0.2) is 5.13 Å². The van der Waals surface area contributed by atoms with E-state index in [0.29, 0.717) is 6.04 Å². The average Bonchev–Trinajstić information content (AvgIpc) is 2.92. The van der Waals surface area contributed by atoms with Crippen molar-refractivity contribution in [3.8, 4) is 11.3 Å². The maximum absolute atomic E-state index is 4.90. The van der Waals surface area contributed by atoms with Gasteiger partial charge in [-0.25, -0.2) is 4.98 Å². The third-order valence-corrected chi connectivity index (χ3v) is 5.40. The first kappa shape index (κ1) is 16.3. The molecule has 0 saturated carbocycles. The number of anilines is 1. The highest BCUT2D eigenvalue weighted by molar-refractivity contribution is 7.98. The van der Waals surface area contributed by atoms with E-state index in [4.69, 9.17) is 4.98 Å². The van der Waals surface area contributed by atoms with Crippen molar-refractivity contribution in [1.29, 1.82) is 0 Å². The van der Waals surface area contributed by atoms with Gasteiger partial charge in [-0.2, -0.15) is 11.8 Å². The lowest BCUT2D eigenvalue weighted by Crippen LogP contribution is -2.30. The zero-order chi connectivity index (χ0) is 15.2. The third kappa shape index (κ3) is 3.99. The predicted molar refractivity (Wildman–Crippen MR) is 96.6 cm³/mol. The third-order valence-electron chi connectivity index (χ3n) is 3.44. The van der Waals surface area contributed by atoms with Crippen LogP contribution in [0.15, 0.2) is 30.3 Å². The summed E-state index contributed by atoms with van der Waals surface area (Å²) in [5.41, 5.74) is 2.30. The highest BCUT2D eigenvalue weighted by Crippen LogP contribution is 2.33. The summed E-state index contributed by atoms with van der Waals surface area (Å²) in [7, 11) is 4.12. The molecule has 1 unspecified atom stereocenters. The molecule has 0 fully saturated rings. The van der Waals surface area contributed by atoms with Gasteiger partial charge < -0.3 is 10.2 Å². The molecule has 1 atom stereocenters. The lowest BCUT2D eigenvalue weighted by molar-refractivity contribution is 0.762. The molecule has 0 amide bonds. The highest BCUT2D eigenvalue weighted by Gasteiger charge is 2.18. The molecule has 0 radical (unpaired) electrons. The van der Waals surface area contributed by atoms with Crippen LogP contribution >= 0.6 is 23.1 Å². The van der Waals surface area contributed by atoms with Gasteiger partial charge in [-0.3, -0.25) is 0 Å². The Morgan fingerprint density at radius 1 is 1.33 bits per heavy atom. The van der Waals surface area contributed by atoms with E-state index in [9.17, 15) is 0 Å². The van der Waals surface area contributed by atoms with Crippen LogP contribution in [0.4, 0.5) is 5.13 Å². The molecule has 2 rings (SSSR count). The number of rotatable bonds is 7. The van der Waals surface area contributed by atoms with Crippen LogP contribution in [-0.4, -0.2) is 37.1 Å². The Balaban J connectivity index is 2.33. The maximum atomic E-state index is 4.90. The van der Waals surface area contributed by atoms with E-state index in [0.717, 1.165) is 23.1 Å². The van der Waals surface area contributed by atoms with E-state index in [1.807, 2.05) is 24.9 Å². The maximum Gasteiger partial charge on any atom is 0.186 e. The molecule has 0 aliphatic heterocycles. The second kappa shape index (κ2) is 7.82. The van der Waals surface area contributed by atoms with Crippen LogP contribution in [0.1, 0.15) is 11.8 Å². The van der Waals surface area contributed by atoms with E-state index < -0.39 is 0 Å². The molecular formula is C16H23N3S2. The minimum atomic E-state index is 0.484. The Morgan fingerprint density at radius 3 is 2.67 bits per heavy atom. The average molecular weight is 322 g/mol. The van der Waals surface area contributed by atoms with Gasteiger partial charge in [0.25, 0.3) is 0 Å². The van der Waals surface area contributed by atoms with E-state index >= 15 is 0 Å². The summed E-state index contributed by atoms with van der Waals surface area (Å²) in [4.78, 5) is 8.48. The molecule has 3 nitrogen and oxygen atoms in total. The van der Waals surface area contributed by atoms with Gasteiger partial charge >= 0.3 is 0 Å². The van der Waals surface area contributed by atoms with Crippen LogP contribution in [0.25, 0.3) is 11.3 Å². The fraction of sp³-hybridized carbons (Fsp3) is 0.438. The molecule has 1 aromatic heterocycles. The van der Waals surface area contributed by atoms with Crippen molar-refractivity contribution in [2.24, 2.45) is 0 Å². The van der Waals surface area contributed by atoms with Gasteiger partial charge in [0, 0.05) is 35.8 Å². The van der Waals surface area contributed by atoms with Crippen LogP contribution in [-0.2, 0) is 6.54 Å². The summed E-state index contributed by atoms with van der Waals surface area (Å²) in [6.45, 7) is 3.10. The first-order chi connectivity index (χ1) is 10.2. The topological polar surface area (TPSA) is 28.2 Å². The van der Waals surface area contributed by atoms with E-state index in [1.165, 1.54) is 10.4 Å². The van der Waals surface area contributed by atoms with Crippen LogP contribution in [0.2, 0.25) is 0 Å². The molecule has 0 saturated heterocycles. The van der Waals surface area contributed by atoms with Gasteiger partial charge in [-0.1, -0.05) is 41.7 Å². The van der Waals surface area contributed by atoms with Crippen molar-refractivity contribution < 1.29 is 0 Å². The van der Waals surface area contributed by atoms with E-state index in [2.05, 4.69) is 54.7 Å². The standard InChI is InChI=1S/C16H23N3S2/c1-12(11-20-4)19(3)16-18-15(14(21-16)10-17-2)13-8-6-5-7-9-13/h5-9,12,17H,10-11H2,1-4H3. The van der Waals surface area contributed by atoms with Crippen molar-refractivity contribution in [3.05, 3.63) is 35.2 Å². The Bertz CT molecular complexity index is 554. The van der Waals surface area contributed by atoms with Crippen LogP contribution in [0, 0.1) is 0 Å². The van der Waals surface area contributed by atoms with Crippen LogP contribution in [0.5, 0.6) is 0 Å². The molecule has 5 heteroatoms. The van der Waals surface area contributed by atoms with Gasteiger partial charge in [0.1, 0.15) is 0 Å². The van der Waals surface area contributed by atoms with Gasteiger partial charge in [-0.15, -0.1) is 0 Å². The van der Waals surface area contributed by atoms with Crippen molar-refractivity contribution in [3.63, 3.8) is 0 Å². The smallest absolute Gasteiger partial charge is 0.186 e. The number of hydrogen-bond acceptors (Lipinski definition) is 5. The molecule has 21 heavy (non-hydrogen) atoms. The summed E-state index contributed by atoms with van der Waals surface area (Å²) in [6.07, 6.45) is 2.15. The molecule has 0 spiro atoms. The molecule has 2 aromatic rings. The number of hydrogen-bond donors (Lipinski definition) is 1. The lowest BCUT2D eigenvalue weighted by Gasteiger charge is -2.23. The van der Waals surface area contributed by atoms with Gasteiger partial charge in [-0.05, 0) is 20.2 Å². The largest absolute Gasteiger partial charge is 0.348 e. The van der Waals surface area contributed by atoms with Crippen LogP contribution in [0.3, 0.4) is 0 Å². The number of nitrogens with zero attached hydrogens (tertiary/aromatic N) is 2. The fourth-order valence-corrected chi connectivity index (χ4v) is 4.00. The van der Waals surface area contributed by atoms with Crippen molar-refractivity contribution in [2.45, 2.75) is 19.5 Å². The zero-order valence-electron chi connectivity index (χ0n) is 13.1. The highest BCUT2D eigenvalue weighted by atomic mass is 32.2. The molecule has 0 bridgehead atoms. The second-order valence-electron chi connectivity index (χ2n) is 5.08. The zero-order valence-corrected chi connectivity index (χ0v) is 14.7. The molecule has 1 N–H and O–H groups in total. The summed E-state index contributed by atoms with van der Waals surface area (Å²) < 4.78 is 0. The van der Waals surface area contributed by atoms with Crippen LogP contribution < -0.4 is 10.2 Å². The summed E-state index contributed by atoms with van der Waals surface area (Å²) in [5, 5.41) is 4.35. The molecule has 114 valence electrons. The molecular weight excluding hydrogens is 298 g/mol. The number of aromatic nitrogens is 1. The summed E-state index contributed by atoms with van der Waals surface area (Å²) in [6, 6.07) is 10.9. The monoisotopic (exact) mass is 321 g/mol. The fourth-order valence-electron chi connectivity index (χ4n) is 2.13. The summed E-state index contributed by atoms with van der Waals surface area (Å²) >= 11 is 3.66.